The van der Waals surface area contributed by atoms with Gasteiger partial charge in [-0.15, -0.1) is 0 Å². The number of ether oxygens (including phenoxy) is 2. The van der Waals surface area contributed by atoms with Gasteiger partial charge < -0.3 is 19.7 Å². The molecule has 0 aromatic carbocycles. The van der Waals surface area contributed by atoms with E-state index in [1.165, 1.54) is 0 Å². The summed E-state index contributed by atoms with van der Waals surface area (Å²) in [6.07, 6.45) is -2.47. The van der Waals surface area contributed by atoms with Gasteiger partial charge in [0.05, 0.1) is 6.61 Å². The van der Waals surface area contributed by atoms with Gasteiger partial charge in [0.2, 0.25) is 0 Å². The summed E-state index contributed by atoms with van der Waals surface area (Å²) in [5.41, 5.74) is 0. The molecule has 2 saturated heterocycles. The van der Waals surface area contributed by atoms with Crippen LogP contribution in [-0.4, -0.2) is 41.4 Å². The lowest BCUT2D eigenvalue weighted by Gasteiger charge is -2.17. The highest BCUT2D eigenvalue weighted by atomic mass is 16.7. The normalized spacial score (nSPS) is 56.7. The first kappa shape index (κ1) is 5.61. The molecule has 52 valence electrons. The molecule has 2 rings (SSSR count). The van der Waals surface area contributed by atoms with Gasteiger partial charge in [-0.05, 0) is 0 Å². The minimum absolute atomic E-state index is 0.301. The van der Waals surface area contributed by atoms with Gasteiger partial charge in [-0.3, -0.25) is 0 Å². The Bertz CT molecular complexity index is 108. The van der Waals surface area contributed by atoms with Crippen LogP contribution in [0.15, 0.2) is 0 Å². The molecule has 4 heteroatoms. The Kier molecular flexibility index (Phi) is 1.04. The van der Waals surface area contributed by atoms with E-state index in [2.05, 4.69) is 0 Å². The summed E-state index contributed by atoms with van der Waals surface area (Å²) in [5, 5.41) is 18.0. The predicted octanol–water partition coefficient (Wildman–Crippen LogP) is -1.54. The lowest BCUT2D eigenvalue weighted by Crippen LogP contribution is -2.39. The number of aliphatic hydroxyl groups is 2. The van der Waals surface area contributed by atoms with Crippen LogP contribution in [-0.2, 0) is 9.47 Å². The van der Waals surface area contributed by atoms with Crippen molar-refractivity contribution in [3.8, 4) is 0 Å². The van der Waals surface area contributed by atoms with E-state index in [0.717, 1.165) is 0 Å². The molecular formula is C5H8O4. The Morgan fingerprint density at radius 3 is 2.33 bits per heavy atom. The van der Waals surface area contributed by atoms with Crippen LogP contribution in [0.5, 0.6) is 0 Å². The molecule has 2 N–H and O–H groups in total. The maximum absolute atomic E-state index is 9.03. The van der Waals surface area contributed by atoms with Crippen LogP contribution in [0, 0.1) is 0 Å². The number of fused-ring (bicyclic) bond motifs is 2. The smallest absolute Gasteiger partial charge is 0.186 e. The second-order valence-electron chi connectivity index (χ2n) is 2.36. The monoisotopic (exact) mass is 132 g/mol. The Morgan fingerprint density at radius 1 is 1.22 bits per heavy atom. The maximum atomic E-state index is 9.03. The molecule has 2 aliphatic heterocycles. The van der Waals surface area contributed by atoms with Crippen molar-refractivity contribution < 1.29 is 19.7 Å². The zero-order valence-corrected chi connectivity index (χ0v) is 4.73. The zero-order chi connectivity index (χ0) is 6.43. The summed E-state index contributed by atoms with van der Waals surface area (Å²) >= 11 is 0. The second-order valence-corrected chi connectivity index (χ2v) is 2.36. The van der Waals surface area contributed by atoms with Crippen LogP contribution in [0.2, 0.25) is 0 Å². The molecule has 0 amide bonds. The van der Waals surface area contributed by atoms with Crippen LogP contribution in [0.1, 0.15) is 0 Å². The molecule has 2 fully saturated rings. The van der Waals surface area contributed by atoms with Crippen LogP contribution in [0.4, 0.5) is 0 Å². The first-order chi connectivity index (χ1) is 4.29. The van der Waals surface area contributed by atoms with Crippen molar-refractivity contribution in [3.63, 3.8) is 0 Å². The molecule has 2 aliphatic rings. The largest absolute Gasteiger partial charge is 0.387 e. The van der Waals surface area contributed by atoms with E-state index >= 15 is 0 Å². The van der Waals surface area contributed by atoms with E-state index in [9.17, 15) is 0 Å². The van der Waals surface area contributed by atoms with Crippen molar-refractivity contribution in [2.45, 2.75) is 24.6 Å². The molecule has 0 aromatic rings. The highest BCUT2D eigenvalue weighted by molar-refractivity contribution is 4.90. The predicted molar refractivity (Wildman–Crippen MR) is 26.6 cm³/mol. The summed E-state index contributed by atoms with van der Waals surface area (Å²) in [5.74, 6) is 0. The quantitative estimate of drug-likeness (QED) is 0.419. The highest BCUT2D eigenvalue weighted by Gasteiger charge is 2.48. The molecule has 0 saturated carbocycles. The Morgan fingerprint density at radius 2 is 2.00 bits per heavy atom. The molecule has 0 spiro atoms. The van der Waals surface area contributed by atoms with Gasteiger partial charge in [-0.25, -0.2) is 0 Å². The summed E-state index contributed by atoms with van der Waals surface area (Å²) in [6, 6.07) is 0. The highest BCUT2D eigenvalue weighted by Crippen LogP contribution is 2.28. The van der Waals surface area contributed by atoms with Crippen molar-refractivity contribution in [1.82, 2.24) is 0 Å². The lowest BCUT2D eigenvalue weighted by molar-refractivity contribution is -0.111. The molecule has 4 unspecified atom stereocenters. The first-order valence-corrected chi connectivity index (χ1v) is 2.92. The van der Waals surface area contributed by atoms with Crippen LogP contribution < -0.4 is 0 Å². The van der Waals surface area contributed by atoms with Gasteiger partial charge in [0.15, 0.2) is 6.29 Å². The average molecular weight is 132 g/mol. The Labute approximate surface area is 52.0 Å². The number of aliphatic hydroxyl groups excluding tert-OH is 2. The molecular weight excluding hydrogens is 124 g/mol. The number of hydrogen-bond donors (Lipinski definition) is 2. The average Bonchev–Trinajstić information content (AvgIpc) is 2.37. The van der Waals surface area contributed by atoms with Crippen molar-refractivity contribution in [2.75, 3.05) is 6.61 Å². The van der Waals surface area contributed by atoms with Crippen molar-refractivity contribution in [1.29, 1.82) is 0 Å². The topological polar surface area (TPSA) is 58.9 Å². The fourth-order valence-corrected chi connectivity index (χ4v) is 1.18. The van der Waals surface area contributed by atoms with E-state index in [-0.39, 0.29) is 6.10 Å². The van der Waals surface area contributed by atoms with Gasteiger partial charge in [0.1, 0.15) is 18.3 Å². The van der Waals surface area contributed by atoms with Crippen LogP contribution >= 0.6 is 0 Å². The molecule has 9 heavy (non-hydrogen) atoms. The van der Waals surface area contributed by atoms with Gasteiger partial charge in [-0.1, -0.05) is 0 Å². The summed E-state index contributed by atoms with van der Waals surface area (Å²) in [4.78, 5) is 0. The molecule has 0 aliphatic carbocycles. The molecule has 2 bridgehead atoms. The maximum Gasteiger partial charge on any atom is 0.186 e. The van der Waals surface area contributed by atoms with Gasteiger partial charge >= 0.3 is 0 Å². The van der Waals surface area contributed by atoms with E-state index in [4.69, 9.17) is 19.7 Å². The van der Waals surface area contributed by atoms with Crippen molar-refractivity contribution in [2.24, 2.45) is 0 Å². The molecule has 2 heterocycles. The van der Waals surface area contributed by atoms with Gasteiger partial charge in [0.25, 0.3) is 0 Å². The molecule has 4 nitrogen and oxygen atoms in total. The van der Waals surface area contributed by atoms with E-state index in [1.807, 2.05) is 0 Å². The minimum atomic E-state index is -0.844. The van der Waals surface area contributed by atoms with Crippen LogP contribution in [0.3, 0.4) is 0 Å². The second kappa shape index (κ2) is 1.67. The zero-order valence-electron chi connectivity index (χ0n) is 4.73. The third kappa shape index (κ3) is 0.616. The van der Waals surface area contributed by atoms with Gasteiger partial charge in [0, 0.05) is 0 Å². The Hall–Kier alpha value is -0.160. The fraction of sp³-hybridized carbons (Fsp3) is 1.00. The van der Waals surface area contributed by atoms with Crippen molar-refractivity contribution >= 4 is 0 Å². The molecule has 0 radical (unpaired) electrons. The summed E-state index contributed by atoms with van der Waals surface area (Å²) in [7, 11) is 0. The van der Waals surface area contributed by atoms with Crippen molar-refractivity contribution in [3.05, 3.63) is 0 Å². The third-order valence-corrected chi connectivity index (χ3v) is 1.74. The molecule has 0 aromatic heterocycles. The molecule has 4 atom stereocenters. The summed E-state index contributed by atoms with van der Waals surface area (Å²) in [6.45, 7) is 0.406. The first-order valence-electron chi connectivity index (χ1n) is 2.92. The minimum Gasteiger partial charge on any atom is -0.387 e. The van der Waals surface area contributed by atoms with E-state index in [1.54, 1.807) is 0 Å². The van der Waals surface area contributed by atoms with E-state index < -0.39 is 18.5 Å². The van der Waals surface area contributed by atoms with E-state index in [0.29, 0.717) is 6.61 Å². The SMILES string of the molecule is OC1C2COC(O2)C1O. The van der Waals surface area contributed by atoms with Gasteiger partial charge in [-0.2, -0.15) is 0 Å². The lowest BCUT2D eigenvalue weighted by atomic mass is 10.1. The standard InChI is InChI=1S/C5H8O4/c6-3-2-1-8-5(9-2)4(3)7/h2-7H,1H2. The van der Waals surface area contributed by atoms with Crippen LogP contribution in [0.25, 0.3) is 0 Å². The third-order valence-electron chi connectivity index (χ3n) is 1.74. The summed E-state index contributed by atoms with van der Waals surface area (Å²) < 4.78 is 9.88. The number of hydrogen-bond acceptors (Lipinski definition) is 4. The number of rotatable bonds is 0. The fourth-order valence-electron chi connectivity index (χ4n) is 1.18. The Balaban J connectivity index is 2.15.